The minimum Gasteiger partial charge on any atom is -0.483 e. The SMILES string of the molecule is CCNC(=O)Nc1cccc(CN2CCN(c3ccc(C(=O)NC)nc3C)CC2)c1.O=CO. The van der Waals surface area contributed by atoms with Crippen LogP contribution < -0.4 is 20.9 Å². The van der Waals surface area contributed by atoms with Gasteiger partial charge >= 0.3 is 6.03 Å². The molecule has 0 aliphatic carbocycles. The van der Waals surface area contributed by atoms with Crippen molar-refractivity contribution in [3.05, 3.63) is 53.3 Å². The Morgan fingerprint density at radius 2 is 1.85 bits per heavy atom. The predicted molar refractivity (Wildman–Crippen MR) is 128 cm³/mol. The number of carbonyl (C=O) groups is 3. The first-order valence-corrected chi connectivity index (χ1v) is 10.8. The standard InChI is InChI=1S/C22H30N6O2.CH2O2/c1-4-24-22(30)26-18-7-5-6-17(14-18)15-27-10-12-28(13-11-27)20-9-8-19(21(29)23-3)25-16(20)2;2-1-3/h5-9,14H,4,10-13,15H2,1-3H3,(H,23,29)(H2,24,26,30);1H,(H,2,3). The van der Waals surface area contributed by atoms with Gasteiger partial charge in [0.25, 0.3) is 12.4 Å². The van der Waals surface area contributed by atoms with Crippen LogP contribution in [0, 0.1) is 6.92 Å². The quantitative estimate of drug-likeness (QED) is 0.489. The lowest BCUT2D eigenvalue weighted by atomic mass is 10.1. The van der Waals surface area contributed by atoms with Crippen LogP contribution in [0.5, 0.6) is 0 Å². The summed E-state index contributed by atoms with van der Waals surface area (Å²) >= 11 is 0. The van der Waals surface area contributed by atoms with E-state index in [1.807, 2.05) is 38.1 Å². The first-order valence-electron chi connectivity index (χ1n) is 10.8. The summed E-state index contributed by atoms with van der Waals surface area (Å²) in [6, 6.07) is 11.5. The van der Waals surface area contributed by atoms with E-state index in [0.717, 1.165) is 49.8 Å². The van der Waals surface area contributed by atoms with E-state index in [2.05, 4.69) is 36.8 Å². The van der Waals surface area contributed by atoms with E-state index in [4.69, 9.17) is 9.90 Å². The Kier molecular flexibility index (Phi) is 10.1. The zero-order chi connectivity index (χ0) is 24.2. The predicted octanol–water partition coefficient (Wildman–Crippen LogP) is 1.91. The zero-order valence-corrected chi connectivity index (χ0v) is 19.3. The fraction of sp³-hybridized carbons (Fsp3) is 0.391. The van der Waals surface area contributed by atoms with Crippen LogP contribution in [0.2, 0.25) is 0 Å². The van der Waals surface area contributed by atoms with Gasteiger partial charge in [-0.3, -0.25) is 14.5 Å². The Morgan fingerprint density at radius 1 is 1.15 bits per heavy atom. The Balaban J connectivity index is 0.00000122. The molecule has 1 fully saturated rings. The smallest absolute Gasteiger partial charge is 0.319 e. The summed E-state index contributed by atoms with van der Waals surface area (Å²) in [5.41, 5.74) is 4.36. The Hall–Kier alpha value is -3.66. The van der Waals surface area contributed by atoms with Crippen molar-refractivity contribution in [1.82, 2.24) is 20.5 Å². The van der Waals surface area contributed by atoms with Crippen molar-refractivity contribution in [3.8, 4) is 0 Å². The molecular formula is C23H32N6O4. The van der Waals surface area contributed by atoms with Crippen molar-refractivity contribution in [3.63, 3.8) is 0 Å². The molecule has 0 radical (unpaired) electrons. The van der Waals surface area contributed by atoms with Gasteiger partial charge in [0.15, 0.2) is 0 Å². The lowest BCUT2D eigenvalue weighted by molar-refractivity contribution is -0.122. The molecule has 2 aromatic rings. The summed E-state index contributed by atoms with van der Waals surface area (Å²) in [5, 5.41) is 15.1. The molecule has 0 bridgehead atoms. The molecule has 3 rings (SSSR count). The van der Waals surface area contributed by atoms with E-state index >= 15 is 0 Å². The average molecular weight is 457 g/mol. The summed E-state index contributed by atoms with van der Waals surface area (Å²) in [4.78, 5) is 41.0. The second kappa shape index (κ2) is 13.0. The van der Waals surface area contributed by atoms with Gasteiger partial charge in [0.05, 0.1) is 11.4 Å². The average Bonchev–Trinajstić information content (AvgIpc) is 2.80. The molecule has 1 aliphatic heterocycles. The van der Waals surface area contributed by atoms with Crippen LogP contribution in [0.3, 0.4) is 0 Å². The van der Waals surface area contributed by atoms with Crippen LogP contribution in [0.1, 0.15) is 28.7 Å². The van der Waals surface area contributed by atoms with Gasteiger partial charge in [-0.1, -0.05) is 12.1 Å². The molecule has 10 nitrogen and oxygen atoms in total. The number of nitrogens with zero attached hydrogens (tertiary/aromatic N) is 3. The van der Waals surface area contributed by atoms with Crippen LogP contribution in [-0.4, -0.2) is 73.2 Å². The van der Waals surface area contributed by atoms with Crippen LogP contribution in [0.15, 0.2) is 36.4 Å². The summed E-state index contributed by atoms with van der Waals surface area (Å²) in [6.45, 7) is 8.70. The van der Waals surface area contributed by atoms with Gasteiger partial charge in [-0.2, -0.15) is 0 Å². The van der Waals surface area contributed by atoms with Gasteiger partial charge in [-0.25, -0.2) is 9.78 Å². The maximum absolute atomic E-state index is 11.8. The molecule has 1 aromatic carbocycles. The van der Waals surface area contributed by atoms with Crippen molar-refractivity contribution >= 4 is 29.8 Å². The number of carboxylic acid groups (broad SMARTS) is 1. The molecule has 0 unspecified atom stereocenters. The van der Waals surface area contributed by atoms with Gasteiger partial charge in [0.1, 0.15) is 5.69 Å². The molecule has 1 aromatic heterocycles. The third kappa shape index (κ3) is 7.76. The fourth-order valence-corrected chi connectivity index (χ4v) is 3.63. The number of hydrogen-bond acceptors (Lipinski definition) is 6. The molecule has 0 saturated carbocycles. The van der Waals surface area contributed by atoms with Gasteiger partial charge in [0, 0.05) is 52.0 Å². The molecule has 2 heterocycles. The summed E-state index contributed by atoms with van der Waals surface area (Å²) in [5.74, 6) is -0.168. The molecular weight excluding hydrogens is 424 g/mol. The van der Waals surface area contributed by atoms with Crippen molar-refractivity contribution < 1.29 is 19.5 Å². The monoisotopic (exact) mass is 456 g/mol. The minimum atomic E-state index is -0.250. The van der Waals surface area contributed by atoms with Crippen molar-refractivity contribution in [2.24, 2.45) is 0 Å². The van der Waals surface area contributed by atoms with Gasteiger partial charge in [-0.05, 0) is 43.7 Å². The second-order valence-electron chi connectivity index (χ2n) is 7.43. The number of anilines is 2. The van der Waals surface area contributed by atoms with E-state index in [1.165, 1.54) is 5.56 Å². The van der Waals surface area contributed by atoms with E-state index in [-0.39, 0.29) is 18.4 Å². The highest BCUT2D eigenvalue weighted by molar-refractivity contribution is 5.92. The Bertz CT molecular complexity index is 944. The zero-order valence-electron chi connectivity index (χ0n) is 19.3. The second-order valence-corrected chi connectivity index (χ2v) is 7.43. The third-order valence-electron chi connectivity index (χ3n) is 5.16. The summed E-state index contributed by atoms with van der Waals surface area (Å²) in [6.07, 6.45) is 0. The van der Waals surface area contributed by atoms with Crippen molar-refractivity contribution in [1.29, 1.82) is 0 Å². The molecule has 10 heteroatoms. The van der Waals surface area contributed by atoms with Crippen molar-refractivity contribution in [2.75, 3.05) is 50.0 Å². The fourth-order valence-electron chi connectivity index (χ4n) is 3.63. The van der Waals surface area contributed by atoms with E-state index in [0.29, 0.717) is 12.2 Å². The molecule has 4 N–H and O–H groups in total. The van der Waals surface area contributed by atoms with E-state index in [1.54, 1.807) is 13.1 Å². The van der Waals surface area contributed by atoms with Crippen LogP contribution in [0.25, 0.3) is 0 Å². The van der Waals surface area contributed by atoms with Crippen LogP contribution in [0.4, 0.5) is 16.2 Å². The Morgan fingerprint density at radius 3 is 2.45 bits per heavy atom. The number of aryl methyl sites for hydroxylation is 1. The maximum Gasteiger partial charge on any atom is 0.319 e. The number of piperazine rings is 1. The largest absolute Gasteiger partial charge is 0.483 e. The van der Waals surface area contributed by atoms with Gasteiger partial charge in [-0.15, -0.1) is 0 Å². The number of hydrogen-bond donors (Lipinski definition) is 4. The van der Waals surface area contributed by atoms with Crippen molar-refractivity contribution in [2.45, 2.75) is 20.4 Å². The molecule has 0 atom stereocenters. The topological polar surface area (TPSA) is 127 Å². The molecule has 178 valence electrons. The number of benzene rings is 1. The summed E-state index contributed by atoms with van der Waals surface area (Å²) < 4.78 is 0. The molecule has 3 amide bonds. The minimum absolute atomic E-state index is 0.168. The number of pyridine rings is 1. The maximum atomic E-state index is 11.8. The van der Waals surface area contributed by atoms with Gasteiger partial charge in [0.2, 0.25) is 0 Å². The lowest BCUT2D eigenvalue weighted by Crippen LogP contribution is -2.46. The van der Waals surface area contributed by atoms with Crippen LogP contribution in [-0.2, 0) is 11.3 Å². The van der Waals surface area contributed by atoms with E-state index in [9.17, 15) is 9.59 Å². The number of urea groups is 1. The number of carbonyl (C=O) groups excluding carboxylic acids is 2. The number of amides is 3. The van der Waals surface area contributed by atoms with Gasteiger partial charge < -0.3 is 26.0 Å². The molecule has 0 spiro atoms. The highest BCUT2D eigenvalue weighted by Gasteiger charge is 2.20. The number of aromatic nitrogens is 1. The lowest BCUT2D eigenvalue weighted by Gasteiger charge is -2.36. The third-order valence-corrected chi connectivity index (χ3v) is 5.16. The summed E-state index contributed by atoms with van der Waals surface area (Å²) in [7, 11) is 1.61. The van der Waals surface area contributed by atoms with Crippen LogP contribution >= 0.6 is 0 Å². The van der Waals surface area contributed by atoms with E-state index < -0.39 is 0 Å². The molecule has 1 saturated heterocycles. The number of rotatable bonds is 6. The first-order chi connectivity index (χ1) is 15.9. The Labute approximate surface area is 194 Å². The molecule has 1 aliphatic rings. The number of nitrogens with one attached hydrogen (secondary N) is 3. The molecule has 33 heavy (non-hydrogen) atoms. The highest BCUT2D eigenvalue weighted by Crippen LogP contribution is 2.21. The first kappa shape index (κ1) is 25.6. The normalized spacial score (nSPS) is 13.4. The highest BCUT2D eigenvalue weighted by atomic mass is 16.3.